The highest BCUT2D eigenvalue weighted by Gasteiger charge is 2.18. The second kappa shape index (κ2) is 7.39. The number of hydrogen-bond acceptors (Lipinski definition) is 7. The molecule has 0 spiro atoms. The molecule has 0 aliphatic rings. The van der Waals surface area contributed by atoms with E-state index < -0.39 is 5.97 Å². The molecule has 0 aliphatic carbocycles. The molecule has 0 radical (unpaired) electrons. The Hall–Kier alpha value is -2.81. The van der Waals surface area contributed by atoms with Gasteiger partial charge < -0.3 is 10.1 Å². The Bertz CT molecular complexity index is 918. The van der Waals surface area contributed by atoms with Crippen LogP contribution < -0.4 is 5.32 Å². The van der Waals surface area contributed by atoms with Crippen molar-refractivity contribution in [3.05, 3.63) is 40.7 Å². The molecule has 0 saturated heterocycles. The van der Waals surface area contributed by atoms with Crippen molar-refractivity contribution >= 4 is 34.6 Å². The monoisotopic (exact) mass is 359 g/mol. The number of carbonyl (C=O) groups is 2. The van der Waals surface area contributed by atoms with Crippen LogP contribution in [0.3, 0.4) is 0 Å². The summed E-state index contributed by atoms with van der Waals surface area (Å²) in [5.41, 5.74) is 2.17. The molecule has 0 fully saturated rings. The molecule has 9 heteroatoms. The summed E-state index contributed by atoms with van der Waals surface area (Å²) in [7, 11) is 0. The summed E-state index contributed by atoms with van der Waals surface area (Å²) in [5, 5.41) is 10.9. The number of carbonyl (C=O) groups excluding carboxylic acids is 2. The van der Waals surface area contributed by atoms with Crippen LogP contribution in [0.1, 0.15) is 46.0 Å². The number of aromatic nitrogens is 4. The highest BCUT2D eigenvalue weighted by molar-refractivity contribution is 7.08. The Kier molecular flexibility index (Phi) is 5.03. The van der Waals surface area contributed by atoms with Gasteiger partial charge in [-0.2, -0.15) is 5.10 Å². The lowest BCUT2D eigenvalue weighted by Gasteiger charge is -2.06. The first-order valence-corrected chi connectivity index (χ1v) is 8.68. The summed E-state index contributed by atoms with van der Waals surface area (Å²) < 4.78 is 10.4. The molecule has 1 N–H and O–H groups in total. The van der Waals surface area contributed by atoms with E-state index in [9.17, 15) is 9.59 Å². The number of pyridine rings is 1. The maximum Gasteiger partial charge on any atom is 0.341 e. The van der Waals surface area contributed by atoms with Crippen LogP contribution in [0, 0.1) is 0 Å². The molecule has 130 valence electrons. The third-order valence-corrected chi connectivity index (χ3v) is 4.29. The van der Waals surface area contributed by atoms with Crippen LogP contribution in [0.15, 0.2) is 24.5 Å². The van der Waals surface area contributed by atoms with Gasteiger partial charge in [-0.3, -0.25) is 4.79 Å². The number of rotatable bonds is 6. The second-order valence-electron chi connectivity index (χ2n) is 5.28. The Labute approximate surface area is 148 Å². The molecule has 0 aliphatic heterocycles. The predicted octanol–water partition coefficient (Wildman–Crippen LogP) is 2.57. The zero-order valence-electron chi connectivity index (χ0n) is 13.9. The van der Waals surface area contributed by atoms with Gasteiger partial charge in [-0.15, -0.1) is 5.10 Å². The minimum atomic E-state index is -0.446. The number of nitrogens with zero attached hydrogens (tertiary/aromatic N) is 4. The molecule has 3 heterocycles. The molecule has 25 heavy (non-hydrogen) atoms. The van der Waals surface area contributed by atoms with Crippen LogP contribution in [-0.2, 0) is 11.2 Å². The molecule has 0 saturated carbocycles. The van der Waals surface area contributed by atoms with Gasteiger partial charge in [0, 0.05) is 11.9 Å². The van der Waals surface area contributed by atoms with Gasteiger partial charge in [0.25, 0.3) is 5.91 Å². The highest BCUT2D eigenvalue weighted by Crippen LogP contribution is 2.19. The van der Waals surface area contributed by atoms with Crippen molar-refractivity contribution in [3.63, 3.8) is 0 Å². The normalized spacial score (nSPS) is 10.8. The lowest BCUT2D eigenvalue weighted by molar-refractivity contribution is 0.0528. The first-order valence-electron chi connectivity index (χ1n) is 7.91. The van der Waals surface area contributed by atoms with E-state index in [2.05, 4.69) is 20.0 Å². The van der Waals surface area contributed by atoms with Crippen molar-refractivity contribution in [3.8, 4) is 0 Å². The van der Waals surface area contributed by atoms with Crippen LogP contribution in [0.5, 0.6) is 0 Å². The fourth-order valence-electron chi connectivity index (χ4n) is 2.39. The topological polar surface area (TPSA) is 98.5 Å². The van der Waals surface area contributed by atoms with E-state index in [-0.39, 0.29) is 12.5 Å². The van der Waals surface area contributed by atoms with Gasteiger partial charge in [0.05, 0.1) is 24.0 Å². The summed E-state index contributed by atoms with van der Waals surface area (Å²) >= 11 is 1.07. The molecule has 0 bridgehead atoms. The van der Waals surface area contributed by atoms with E-state index in [0.717, 1.165) is 18.0 Å². The Morgan fingerprint density at radius 2 is 2.20 bits per heavy atom. The van der Waals surface area contributed by atoms with Crippen LogP contribution >= 0.6 is 11.5 Å². The largest absolute Gasteiger partial charge is 0.462 e. The second-order valence-corrected chi connectivity index (χ2v) is 6.03. The van der Waals surface area contributed by atoms with Gasteiger partial charge in [-0.25, -0.2) is 9.31 Å². The Morgan fingerprint density at radius 3 is 2.96 bits per heavy atom. The van der Waals surface area contributed by atoms with E-state index in [1.165, 1.54) is 6.20 Å². The van der Waals surface area contributed by atoms with E-state index in [1.54, 1.807) is 29.8 Å². The van der Waals surface area contributed by atoms with Crippen LogP contribution in [0.4, 0.5) is 5.69 Å². The number of fused-ring (bicyclic) bond motifs is 1. The van der Waals surface area contributed by atoms with E-state index in [1.807, 2.05) is 6.92 Å². The quantitative estimate of drug-likeness (QED) is 0.679. The zero-order valence-corrected chi connectivity index (χ0v) is 14.7. The number of aryl methyl sites for hydroxylation is 1. The van der Waals surface area contributed by atoms with Crippen LogP contribution in [-0.4, -0.2) is 37.7 Å². The summed E-state index contributed by atoms with van der Waals surface area (Å²) in [6.45, 7) is 4.04. The number of nitrogens with one attached hydrogen (secondary N) is 1. The van der Waals surface area contributed by atoms with Crippen molar-refractivity contribution in [2.45, 2.75) is 26.7 Å². The lowest BCUT2D eigenvalue weighted by atomic mass is 10.2. The Morgan fingerprint density at radius 1 is 1.36 bits per heavy atom. The highest BCUT2D eigenvalue weighted by atomic mass is 32.1. The van der Waals surface area contributed by atoms with Crippen LogP contribution in [0.25, 0.3) is 5.52 Å². The summed E-state index contributed by atoms with van der Waals surface area (Å²) in [6.07, 6.45) is 4.71. The molecule has 3 rings (SSSR count). The minimum Gasteiger partial charge on any atom is -0.462 e. The predicted molar refractivity (Wildman–Crippen MR) is 93.0 cm³/mol. The molecule has 0 atom stereocenters. The number of esters is 1. The van der Waals surface area contributed by atoms with Gasteiger partial charge >= 0.3 is 5.97 Å². The van der Waals surface area contributed by atoms with Gasteiger partial charge in [0.2, 0.25) is 0 Å². The van der Waals surface area contributed by atoms with Crippen LogP contribution in [0.2, 0.25) is 0 Å². The molecular formula is C16H17N5O3S. The number of hydrogen-bond donors (Lipinski definition) is 1. The smallest absolute Gasteiger partial charge is 0.341 e. The summed E-state index contributed by atoms with van der Waals surface area (Å²) in [5.74, 6) is -0.710. The maximum absolute atomic E-state index is 12.5. The molecule has 3 aromatic rings. The first-order chi connectivity index (χ1) is 12.1. The maximum atomic E-state index is 12.5. The van der Waals surface area contributed by atoms with Gasteiger partial charge in [-0.1, -0.05) is 17.8 Å². The fraction of sp³-hybridized carbons (Fsp3) is 0.312. The van der Waals surface area contributed by atoms with Gasteiger partial charge in [0.1, 0.15) is 10.4 Å². The molecular weight excluding hydrogens is 342 g/mol. The van der Waals surface area contributed by atoms with Crippen molar-refractivity contribution in [2.75, 3.05) is 11.9 Å². The van der Waals surface area contributed by atoms with Crippen molar-refractivity contribution in [1.29, 1.82) is 0 Å². The third kappa shape index (κ3) is 3.50. The average Bonchev–Trinajstić information content (AvgIpc) is 3.22. The van der Waals surface area contributed by atoms with E-state index >= 15 is 0 Å². The fourth-order valence-corrected chi connectivity index (χ4v) is 3.00. The molecule has 3 aromatic heterocycles. The van der Waals surface area contributed by atoms with Crippen molar-refractivity contribution in [1.82, 2.24) is 19.2 Å². The summed E-state index contributed by atoms with van der Waals surface area (Å²) in [6, 6.07) is 3.39. The average molecular weight is 359 g/mol. The minimum absolute atomic E-state index is 0.264. The zero-order chi connectivity index (χ0) is 17.8. The number of amides is 1. The molecule has 0 unspecified atom stereocenters. The third-order valence-electron chi connectivity index (χ3n) is 3.52. The van der Waals surface area contributed by atoms with Gasteiger partial charge in [0.15, 0.2) is 0 Å². The molecule has 0 aromatic carbocycles. The Balaban J connectivity index is 1.86. The van der Waals surface area contributed by atoms with E-state index in [0.29, 0.717) is 33.8 Å². The SMILES string of the molecule is CCCc1nnsc1C(=O)Nc1ccn2ncc(C(=O)OCC)c2c1. The molecule has 8 nitrogen and oxygen atoms in total. The lowest BCUT2D eigenvalue weighted by Crippen LogP contribution is -2.13. The first kappa shape index (κ1) is 17.0. The van der Waals surface area contributed by atoms with Crippen molar-refractivity contribution < 1.29 is 14.3 Å². The van der Waals surface area contributed by atoms with E-state index in [4.69, 9.17) is 4.74 Å². The standard InChI is InChI=1S/C16H17N5O3S/c1-3-5-12-14(25-20-19-12)15(22)18-10-6-7-21-13(8-10)11(9-17-21)16(23)24-4-2/h6-9H,3-5H2,1-2H3,(H,18,22). The number of anilines is 1. The van der Waals surface area contributed by atoms with Gasteiger partial charge in [-0.05, 0) is 37.0 Å². The molecule has 1 amide bonds. The van der Waals surface area contributed by atoms with Crippen molar-refractivity contribution in [2.24, 2.45) is 0 Å². The summed E-state index contributed by atoms with van der Waals surface area (Å²) in [4.78, 5) is 25.0. The number of ether oxygens (including phenoxy) is 1.